The van der Waals surface area contributed by atoms with Crippen molar-refractivity contribution in [2.45, 2.75) is 6.54 Å². The number of ether oxygens (including phenoxy) is 1. The van der Waals surface area contributed by atoms with Crippen molar-refractivity contribution in [2.75, 3.05) is 27.3 Å². The maximum Gasteiger partial charge on any atom is 0.191 e. The fraction of sp³-hybridized carbons (Fsp3) is 0.417. The molecule has 0 spiro atoms. The minimum absolute atomic E-state index is 0.230. The Labute approximate surface area is 101 Å². The highest BCUT2D eigenvalue weighted by molar-refractivity contribution is 5.79. The second kappa shape index (κ2) is 7.62. The normalized spacial score (nSPS) is 11.4. The molecule has 94 valence electrons. The Bertz CT molecular complexity index is 369. The highest BCUT2D eigenvalue weighted by atomic mass is 19.1. The van der Waals surface area contributed by atoms with Gasteiger partial charge in [0.1, 0.15) is 5.82 Å². The van der Waals surface area contributed by atoms with Crippen LogP contribution in [-0.4, -0.2) is 33.3 Å². The molecule has 17 heavy (non-hydrogen) atoms. The smallest absolute Gasteiger partial charge is 0.191 e. The van der Waals surface area contributed by atoms with Gasteiger partial charge in [0.05, 0.1) is 6.61 Å². The number of benzene rings is 1. The summed E-state index contributed by atoms with van der Waals surface area (Å²) in [6.45, 7) is 1.82. The van der Waals surface area contributed by atoms with Crippen LogP contribution in [0, 0.1) is 5.82 Å². The van der Waals surface area contributed by atoms with Gasteiger partial charge in [-0.25, -0.2) is 4.39 Å². The van der Waals surface area contributed by atoms with Crippen molar-refractivity contribution >= 4 is 5.96 Å². The molecule has 0 aliphatic carbocycles. The van der Waals surface area contributed by atoms with Gasteiger partial charge < -0.3 is 15.4 Å². The average molecular weight is 239 g/mol. The van der Waals surface area contributed by atoms with E-state index in [-0.39, 0.29) is 5.82 Å². The van der Waals surface area contributed by atoms with Crippen LogP contribution in [-0.2, 0) is 11.3 Å². The molecule has 5 heteroatoms. The quantitative estimate of drug-likeness (QED) is 0.460. The monoisotopic (exact) mass is 239 g/mol. The summed E-state index contributed by atoms with van der Waals surface area (Å²) in [4.78, 5) is 4.04. The lowest BCUT2D eigenvalue weighted by Gasteiger charge is -2.11. The molecule has 0 unspecified atom stereocenters. The zero-order valence-electron chi connectivity index (χ0n) is 10.2. The standard InChI is InChI=1S/C12H18FN3O/c1-14-12(15-6-7-17-2)16-9-10-4-3-5-11(13)8-10/h3-5,8H,6-7,9H2,1-2H3,(H2,14,15,16). The summed E-state index contributed by atoms with van der Waals surface area (Å²) in [5.41, 5.74) is 0.875. The number of hydrogen-bond acceptors (Lipinski definition) is 2. The lowest BCUT2D eigenvalue weighted by Crippen LogP contribution is -2.38. The zero-order valence-corrected chi connectivity index (χ0v) is 10.2. The second-order valence-electron chi connectivity index (χ2n) is 3.48. The predicted octanol–water partition coefficient (Wildman–Crippen LogP) is 1.14. The van der Waals surface area contributed by atoms with E-state index in [0.29, 0.717) is 25.7 Å². The van der Waals surface area contributed by atoms with Crippen LogP contribution in [0.25, 0.3) is 0 Å². The van der Waals surface area contributed by atoms with Gasteiger partial charge in [-0.2, -0.15) is 0 Å². The first-order valence-corrected chi connectivity index (χ1v) is 5.44. The van der Waals surface area contributed by atoms with Crippen LogP contribution in [0.2, 0.25) is 0 Å². The predicted molar refractivity (Wildman–Crippen MR) is 66.5 cm³/mol. The van der Waals surface area contributed by atoms with E-state index in [1.807, 2.05) is 6.07 Å². The fourth-order valence-electron chi connectivity index (χ4n) is 1.32. The minimum atomic E-state index is -0.230. The van der Waals surface area contributed by atoms with E-state index in [4.69, 9.17) is 4.74 Å². The first-order valence-electron chi connectivity index (χ1n) is 5.44. The molecule has 0 saturated heterocycles. The van der Waals surface area contributed by atoms with Crippen molar-refractivity contribution in [3.05, 3.63) is 35.6 Å². The van der Waals surface area contributed by atoms with Crippen LogP contribution in [0.1, 0.15) is 5.56 Å². The Kier molecular flexibility index (Phi) is 6.03. The SMILES string of the molecule is CN=C(NCCOC)NCc1cccc(F)c1. The molecule has 0 heterocycles. The maximum atomic E-state index is 12.9. The van der Waals surface area contributed by atoms with Gasteiger partial charge >= 0.3 is 0 Å². The third kappa shape index (κ3) is 5.31. The van der Waals surface area contributed by atoms with Gasteiger partial charge in [0.15, 0.2) is 5.96 Å². The minimum Gasteiger partial charge on any atom is -0.383 e. The molecule has 1 aromatic rings. The van der Waals surface area contributed by atoms with Gasteiger partial charge in [0, 0.05) is 27.2 Å². The third-order valence-electron chi connectivity index (χ3n) is 2.17. The fourth-order valence-corrected chi connectivity index (χ4v) is 1.32. The Balaban J connectivity index is 2.37. The molecule has 0 fully saturated rings. The zero-order chi connectivity index (χ0) is 12.5. The Morgan fingerprint density at radius 3 is 2.88 bits per heavy atom. The van der Waals surface area contributed by atoms with E-state index in [0.717, 1.165) is 5.56 Å². The maximum absolute atomic E-state index is 12.9. The summed E-state index contributed by atoms with van der Waals surface area (Å²) < 4.78 is 17.9. The third-order valence-corrected chi connectivity index (χ3v) is 2.17. The van der Waals surface area contributed by atoms with Gasteiger partial charge in [-0.1, -0.05) is 12.1 Å². The average Bonchev–Trinajstić information content (AvgIpc) is 2.34. The van der Waals surface area contributed by atoms with Crippen LogP contribution < -0.4 is 10.6 Å². The summed E-state index contributed by atoms with van der Waals surface area (Å²) in [6, 6.07) is 6.47. The number of nitrogens with one attached hydrogen (secondary N) is 2. The lowest BCUT2D eigenvalue weighted by molar-refractivity contribution is 0.203. The summed E-state index contributed by atoms with van der Waals surface area (Å²) in [6.07, 6.45) is 0. The molecular formula is C12H18FN3O. The van der Waals surface area contributed by atoms with Crippen molar-refractivity contribution in [3.8, 4) is 0 Å². The summed E-state index contributed by atoms with van der Waals surface area (Å²) in [5, 5.41) is 6.16. The van der Waals surface area contributed by atoms with E-state index in [1.165, 1.54) is 12.1 Å². The summed E-state index contributed by atoms with van der Waals surface area (Å²) >= 11 is 0. The number of guanidine groups is 1. The van der Waals surface area contributed by atoms with E-state index in [9.17, 15) is 4.39 Å². The molecule has 1 rings (SSSR count). The molecule has 0 radical (unpaired) electrons. The van der Waals surface area contributed by atoms with Crippen molar-refractivity contribution in [3.63, 3.8) is 0 Å². The van der Waals surface area contributed by atoms with Crippen molar-refractivity contribution in [1.29, 1.82) is 0 Å². The number of rotatable bonds is 5. The van der Waals surface area contributed by atoms with Crippen LogP contribution in [0.3, 0.4) is 0 Å². The number of halogens is 1. The van der Waals surface area contributed by atoms with Gasteiger partial charge in [0.2, 0.25) is 0 Å². The summed E-state index contributed by atoms with van der Waals surface area (Å²) in [5.74, 6) is 0.443. The number of aliphatic imine (C=N–C) groups is 1. The van der Waals surface area contributed by atoms with Crippen molar-refractivity contribution < 1.29 is 9.13 Å². The lowest BCUT2D eigenvalue weighted by atomic mass is 10.2. The molecule has 2 N–H and O–H groups in total. The first-order chi connectivity index (χ1) is 8.26. The topological polar surface area (TPSA) is 45.7 Å². The molecular weight excluding hydrogens is 221 g/mol. The van der Waals surface area contributed by atoms with E-state index >= 15 is 0 Å². The Hall–Kier alpha value is -1.62. The Morgan fingerprint density at radius 1 is 1.41 bits per heavy atom. The van der Waals surface area contributed by atoms with Crippen molar-refractivity contribution in [2.24, 2.45) is 4.99 Å². The van der Waals surface area contributed by atoms with Crippen LogP contribution in [0.4, 0.5) is 4.39 Å². The molecule has 1 aromatic carbocycles. The molecule has 4 nitrogen and oxygen atoms in total. The highest BCUT2D eigenvalue weighted by Gasteiger charge is 1.98. The number of methoxy groups -OCH3 is 1. The largest absolute Gasteiger partial charge is 0.383 e. The molecule has 0 saturated carbocycles. The highest BCUT2D eigenvalue weighted by Crippen LogP contribution is 2.02. The van der Waals surface area contributed by atoms with Crippen LogP contribution in [0.5, 0.6) is 0 Å². The molecule has 0 amide bonds. The van der Waals surface area contributed by atoms with E-state index in [1.54, 1.807) is 20.2 Å². The van der Waals surface area contributed by atoms with Gasteiger partial charge in [-0.3, -0.25) is 4.99 Å². The van der Waals surface area contributed by atoms with Crippen LogP contribution in [0.15, 0.2) is 29.3 Å². The van der Waals surface area contributed by atoms with Crippen molar-refractivity contribution in [1.82, 2.24) is 10.6 Å². The van der Waals surface area contributed by atoms with Gasteiger partial charge in [-0.15, -0.1) is 0 Å². The number of nitrogens with zero attached hydrogens (tertiary/aromatic N) is 1. The van der Waals surface area contributed by atoms with Crippen LogP contribution >= 0.6 is 0 Å². The van der Waals surface area contributed by atoms with E-state index in [2.05, 4.69) is 15.6 Å². The second-order valence-corrected chi connectivity index (χ2v) is 3.48. The van der Waals surface area contributed by atoms with Gasteiger partial charge in [0.25, 0.3) is 0 Å². The molecule has 0 atom stereocenters. The molecule has 0 aromatic heterocycles. The number of hydrogen-bond donors (Lipinski definition) is 2. The van der Waals surface area contributed by atoms with Gasteiger partial charge in [-0.05, 0) is 17.7 Å². The molecule has 0 bridgehead atoms. The van der Waals surface area contributed by atoms with E-state index < -0.39 is 0 Å². The molecule has 0 aliphatic rings. The molecule has 0 aliphatic heterocycles. The Morgan fingerprint density at radius 2 is 2.24 bits per heavy atom. The summed E-state index contributed by atoms with van der Waals surface area (Å²) in [7, 11) is 3.33. The first kappa shape index (κ1) is 13.4.